The van der Waals surface area contributed by atoms with Gasteiger partial charge in [0.15, 0.2) is 0 Å². The van der Waals surface area contributed by atoms with E-state index in [-0.39, 0.29) is 12.0 Å². The number of hydrogen-bond acceptors (Lipinski definition) is 4. The van der Waals surface area contributed by atoms with E-state index in [1.165, 1.54) is 147 Å². The zero-order valence-corrected chi connectivity index (χ0v) is 31.8. The van der Waals surface area contributed by atoms with Crippen LogP contribution in [0.2, 0.25) is 0 Å². The summed E-state index contributed by atoms with van der Waals surface area (Å²) in [5.74, 6) is 0.467. The van der Waals surface area contributed by atoms with Crippen molar-refractivity contribution in [1.29, 1.82) is 0 Å². The molecule has 1 aromatic carbocycles. The van der Waals surface area contributed by atoms with Gasteiger partial charge in [0, 0.05) is 25.3 Å². The molecule has 2 N–H and O–H groups in total. The Morgan fingerprint density at radius 2 is 1.12 bits per heavy atom. The third-order valence-corrected chi connectivity index (χ3v) is 10.3. The summed E-state index contributed by atoms with van der Waals surface area (Å²) in [6.07, 6.45) is 34.3. The number of hydrogen-bond donors (Lipinski definition) is 2. The van der Waals surface area contributed by atoms with Crippen LogP contribution in [0.5, 0.6) is 0 Å². The molecule has 278 valence electrons. The Morgan fingerprint density at radius 3 is 1.65 bits per heavy atom. The highest BCUT2D eigenvalue weighted by Crippen LogP contribution is 2.28. The minimum atomic E-state index is -0.106. The van der Waals surface area contributed by atoms with E-state index in [1.807, 2.05) is 12.1 Å². The van der Waals surface area contributed by atoms with Crippen LogP contribution in [0.4, 0.5) is 0 Å². The number of benzene rings is 1. The van der Waals surface area contributed by atoms with Gasteiger partial charge in [0.2, 0.25) is 0 Å². The predicted octanol–water partition coefficient (Wildman–Crippen LogP) is 11.7. The average Bonchev–Trinajstić information content (AvgIpc) is 3.12. The van der Waals surface area contributed by atoms with Gasteiger partial charge >= 0.3 is 0 Å². The largest absolute Gasteiger partial charge is 0.379 e. The van der Waals surface area contributed by atoms with E-state index in [2.05, 4.69) is 36.6 Å². The summed E-state index contributed by atoms with van der Waals surface area (Å²) in [7, 11) is 0. The second kappa shape index (κ2) is 31.5. The fourth-order valence-electron chi connectivity index (χ4n) is 7.11. The van der Waals surface area contributed by atoms with E-state index in [4.69, 9.17) is 9.47 Å². The number of rotatable bonds is 33. The molecule has 1 unspecified atom stereocenters. The van der Waals surface area contributed by atoms with Gasteiger partial charge < -0.3 is 20.1 Å². The lowest BCUT2D eigenvalue weighted by molar-refractivity contribution is -0.0170. The van der Waals surface area contributed by atoms with E-state index >= 15 is 0 Å². The Morgan fingerprint density at radius 1 is 0.667 bits per heavy atom. The number of unbranched alkanes of at least 4 members (excludes halogenated alkanes) is 22. The van der Waals surface area contributed by atoms with Crippen LogP contribution in [-0.2, 0) is 9.47 Å². The molecule has 0 saturated carbocycles. The Kier molecular flexibility index (Phi) is 28.1. The van der Waals surface area contributed by atoms with Crippen molar-refractivity contribution in [3.05, 3.63) is 35.4 Å². The Bertz CT molecular complexity index is 856. The molecule has 0 aliphatic carbocycles. The average molecular weight is 671 g/mol. The maximum Gasteiger partial charge on any atom is 0.251 e. The highest BCUT2D eigenvalue weighted by molar-refractivity contribution is 5.95. The van der Waals surface area contributed by atoms with Crippen molar-refractivity contribution < 1.29 is 14.3 Å². The van der Waals surface area contributed by atoms with Gasteiger partial charge in [0.1, 0.15) is 0 Å². The monoisotopic (exact) mass is 671 g/mol. The van der Waals surface area contributed by atoms with Crippen molar-refractivity contribution in [2.45, 2.75) is 193 Å². The number of carbonyl (C=O) groups excluding carboxylic acids is 1. The number of ether oxygens (including phenoxy) is 2. The molecule has 2 rings (SSSR count). The lowest BCUT2D eigenvalue weighted by atomic mass is 9.87. The van der Waals surface area contributed by atoms with Gasteiger partial charge in [0.05, 0.1) is 12.7 Å². The van der Waals surface area contributed by atoms with Crippen LogP contribution < -0.4 is 10.6 Å². The maximum absolute atomic E-state index is 13.4. The summed E-state index contributed by atoms with van der Waals surface area (Å²) in [4.78, 5) is 13.4. The molecule has 0 aromatic heterocycles. The van der Waals surface area contributed by atoms with E-state index in [9.17, 15) is 4.79 Å². The zero-order valence-electron chi connectivity index (χ0n) is 31.8. The van der Waals surface area contributed by atoms with Crippen molar-refractivity contribution >= 4 is 5.91 Å². The van der Waals surface area contributed by atoms with E-state index < -0.39 is 0 Å². The van der Waals surface area contributed by atoms with E-state index in [0.717, 1.165) is 57.6 Å². The molecule has 1 aliphatic heterocycles. The number of carbonyl (C=O) groups is 1. The second-order valence-corrected chi connectivity index (χ2v) is 14.7. The topological polar surface area (TPSA) is 59.6 Å². The summed E-state index contributed by atoms with van der Waals surface area (Å²) in [6, 6.07) is 8.18. The Labute approximate surface area is 297 Å². The lowest BCUT2D eigenvalue weighted by Crippen LogP contribution is -2.37. The number of amides is 1. The van der Waals surface area contributed by atoms with Gasteiger partial charge in [-0.05, 0) is 56.3 Å². The zero-order chi connectivity index (χ0) is 34.2. The molecule has 1 aromatic rings. The van der Waals surface area contributed by atoms with Gasteiger partial charge in [-0.15, -0.1) is 0 Å². The quantitative estimate of drug-likeness (QED) is 0.0731. The van der Waals surface area contributed by atoms with Gasteiger partial charge in [-0.3, -0.25) is 4.79 Å². The fraction of sp³-hybridized carbons (Fsp3) is 0.837. The third kappa shape index (κ3) is 22.3. The minimum absolute atomic E-state index is 0.0176. The molecule has 1 saturated heterocycles. The molecule has 1 fully saturated rings. The molecule has 48 heavy (non-hydrogen) atoms. The summed E-state index contributed by atoms with van der Waals surface area (Å²) in [5.41, 5.74) is 2.01. The normalized spacial score (nSPS) is 14.4. The van der Waals surface area contributed by atoms with Crippen LogP contribution in [-0.4, -0.2) is 51.5 Å². The van der Waals surface area contributed by atoms with Crippen molar-refractivity contribution in [2.75, 3.05) is 39.5 Å². The molecule has 0 bridgehead atoms. The highest BCUT2D eigenvalue weighted by atomic mass is 16.5. The van der Waals surface area contributed by atoms with Gasteiger partial charge in [0.25, 0.3) is 5.91 Å². The molecule has 1 heterocycles. The molecular formula is C43H78N2O3. The van der Waals surface area contributed by atoms with E-state index in [0.29, 0.717) is 19.1 Å². The second-order valence-electron chi connectivity index (χ2n) is 14.7. The van der Waals surface area contributed by atoms with Gasteiger partial charge in [-0.1, -0.05) is 173 Å². The summed E-state index contributed by atoms with van der Waals surface area (Å²) in [6.45, 7) is 9.18. The number of nitrogens with one attached hydrogen (secondary N) is 2. The first-order valence-electron chi connectivity index (χ1n) is 21.0. The molecule has 5 heteroatoms. The van der Waals surface area contributed by atoms with Crippen molar-refractivity contribution in [3.8, 4) is 0 Å². The van der Waals surface area contributed by atoms with Crippen molar-refractivity contribution in [2.24, 2.45) is 0 Å². The number of piperidine rings is 1. The first-order valence-corrected chi connectivity index (χ1v) is 21.0. The van der Waals surface area contributed by atoms with Gasteiger partial charge in [-0.25, -0.2) is 0 Å². The third-order valence-electron chi connectivity index (χ3n) is 10.3. The highest BCUT2D eigenvalue weighted by Gasteiger charge is 2.21. The SMILES string of the molecule is CCCCCCCCCCCCCCOCC(CNC(=O)c1ccccc1C1CCNCC1)OCCCCCCCCCCCCCC. The van der Waals surface area contributed by atoms with Crippen LogP contribution in [0, 0.1) is 0 Å². The van der Waals surface area contributed by atoms with Crippen LogP contribution >= 0.6 is 0 Å². The molecule has 1 aliphatic rings. The van der Waals surface area contributed by atoms with Crippen LogP contribution in [0.3, 0.4) is 0 Å². The molecule has 1 atom stereocenters. The summed E-state index contributed by atoms with van der Waals surface area (Å²) >= 11 is 0. The smallest absolute Gasteiger partial charge is 0.251 e. The first-order chi connectivity index (χ1) is 23.8. The van der Waals surface area contributed by atoms with Gasteiger partial charge in [-0.2, -0.15) is 0 Å². The van der Waals surface area contributed by atoms with Crippen LogP contribution in [0.1, 0.15) is 203 Å². The summed E-state index contributed by atoms with van der Waals surface area (Å²) < 4.78 is 12.5. The minimum Gasteiger partial charge on any atom is -0.379 e. The standard InChI is InChI=1S/C43H78N2O3/c1-3-5-7-9-11-13-15-17-19-21-23-27-35-47-38-40(48-36-28-24-22-20-18-16-14-12-10-8-6-4-2)37-45-43(46)42-30-26-25-29-41(42)39-31-33-44-34-32-39/h25-26,29-30,39-40,44H,3-24,27-28,31-38H2,1-2H3,(H,45,46). The Balaban J connectivity index is 1.65. The van der Waals surface area contributed by atoms with Crippen LogP contribution in [0.25, 0.3) is 0 Å². The molecule has 0 radical (unpaired) electrons. The molecular weight excluding hydrogens is 592 g/mol. The van der Waals surface area contributed by atoms with Crippen LogP contribution in [0.15, 0.2) is 24.3 Å². The summed E-state index contributed by atoms with van der Waals surface area (Å²) in [5, 5.41) is 6.66. The Hall–Kier alpha value is -1.43. The fourth-order valence-corrected chi connectivity index (χ4v) is 7.11. The molecule has 0 spiro atoms. The van der Waals surface area contributed by atoms with Crippen molar-refractivity contribution in [1.82, 2.24) is 10.6 Å². The maximum atomic E-state index is 13.4. The predicted molar refractivity (Wildman–Crippen MR) is 206 cm³/mol. The lowest BCUT2D eigenvalue weighted by Gasteiger charge is -2.25. The molecule has 5 nitrogen and oxygen atoms in total. The molecule has 1 amide bonds. The van der Waals surface area contributed by atoms with E-state index in [1.54, 1.807) is 0 Å². The van der Waals surface area contributed by atoms with Crippen molar-refractivity contribution in [3.63, 3.8) is 0 Å². The first kappa shape index (κ1) is 42.7.